The number of anilines is 1. The average molecular weight is 522 g/mol. The summed E-state index contributed by atoms with van der Waals surface area (Å²) in [6, 6.07) is 8.16. The molecule has 0 radical (unpaired) electrons. The lowest BCUT2D eigenvalue weighted by molar-refractivity contribution is -0.184. The smallest absolute Gasteiger partial charge is 0.257 e. The van der Waals surface area contributed by atoms with Gasteiger partial charge in [0.25, 0.3) is 5.91 Å². The van der Waals surface area contributed by atoms with Gasteiger partial charge in [0.05, 0.1) is 12.9 Å². The number of aromatic nitrogens is 4. The van der Waals surface area contributed by atoms with Crippen molar-refractivity contribution < 1.29 is 19.4 Å². The molecule has 4 heterocycles. The summed E-state index contributed by atoms with van der Waals surface area (Å²) in [4.78, 5) is 25.4. The second kappa shape index (κ2) is 7.41. The van der Waals surface area contributed by atoms with Crippen LogP contribution in [0.2, 0.25) is 0 Å². The number of halogens is 1. The van der Waals surface area contributed by atoms with E-state index >= 15 is 0 Å². The summed E-state index contributed by atoms with van der Waals surface area (Å²) in [7, 11) is 1.50. The van der Waals surface area contributed by atoms with E-state index in [2.05, 4.69) is 54.2 Å². The number of aliphatic hydroxyl groups excluding tert-OH is 1. The van der Waals surface area contributed by atoms with Gasteiger partial charge in [-0.25, -0.2) is 15.0 Å². The molecule has 4 atom stereocenters. The number of hydrogen-bond donors (Lipinski definition) is 3. The van der Waals surface area contributed by atoms with Gasteiger partial charge in [-0.1, -0.05) is 12.1 Å². The van der Waals surface area contributed by atoms with Crippen molar-refractivity contribution in [3.8, 4) is 0 Å². The van der Waals surface area contributed by atoms with Crippen molar-refractivity contribution >= 4 is 45.5 Å². The SMILES string of the molecule is CNC(=O)[C@@]12COC(C1O)[C@H](n1cnc3c(NCc4cccc(I)c4)ncnc31)O2. The molecule has 0 saturated carbocycles. The van der Waals surface area contributed by atoms with E-state index in [1.165, 1.54) is 13.4 Å². The van der Waals surface area contributed by atoms with Gasteiger partial charge in [0.15, 0.2) is 23.2 Å². The number of fused-ring (bicyclic) bond motifs is 3. The van der Waals surface area contributed by atoms with Crippen molar-refractivity contribution in [2.75, 3.05) is 19.0 Å². The summed E-state index contributed by atoms with van der Waals surface area (Å²) < 4.78 is 14.5. The van der Waals surface area contributed by atoms with Crippen molar-refractivity contribution in [3.05, 3.63) is 46.1 Å². The van der Waals surface area contributed by atoms with Gasteiger partial charge in [0.1, 0.15) is 18.5 Å². The number of hydrogen-bond acceptors (Lipinski definition) is 8. The number of benzene rings is 1. The fourth-order valence-corrected chi connectivity index (χ4v) is 4.57. The van der Waals surface area contributed by atoms with Gasteiger partial charge >= 0.3 is 0 Å². The standard InChI is InChI=1S/C19H19IN6O4/c1-21-18(28)19-7-29-13(14(19)27)17(30-19)26-9-25-12-15(23-8-24-16(12)26)22-6-10-3-2-4-11(20)5-10/h2-5,8-9,13-14,17,27H,6-7H2,1H3,(H,21,28)(H,22,23,24)/t13?,14?,17-,19-/m1/s1. The van der Waals surface area contributed by atoms with Crippen LogP contribution in [0.15, 0.2) is 36.9 Å². The molecule has 156 valence electrons. The number of carbonyl (C=O) groups excluding carboxylic acids is 1. The molecule has 2 aromatic heterocycles. The van der Waals surface area contributed by atoms with Crippen LogP contribution in [-0.4, -0.2) is 62.0 Å². The summed E-state index contributed by atoms with van der Waals surface area (Å²) in [5, 5.41) is 16.5. The Bertz CT molecular complexity index is 1120. The molecule has 2 fully saturated rings. The topological polar surface area (TPSA) is 123 Å². The van der Waals surface area contributed by atoms with Crippen molar-refractivity contribution in [2.45, 2.75) is 30.6 Å². The normalized spacial score (nSPS) is 27.5. The van der Waals surface area contributed by atoms with E-state index in [4.69, 9.17) is 9.47 Å². The molecule has 10 nitrogen and oxygen atoms in total. The van der Waals surface area contributed by atoms with Crippen molar-refractivity contribution in [2.24, 2.45) is 0 Å². The van der Waals surface area contributed by atoms with Gasteiger partial charge in [0, 0.05) is 17.2 Å². The third kappa shape index (κ3) is 2.95. The Morgan fingerprint density at radius 1 is 1.40 bits per heavy atom. The van der Waals surface area contributed by atoms with E-state index in [-0.39, 0.29) is 6.61 Å². The van der Waals surface area contributed by atoms with Gasteiger partial charge in [-0.3, -0.25) is 9.36 Å². The van der Waals surface area contributed by atoms with Crippen LogP contribution in [0.3, 0.4) is 0 Å². The summed E-state index contributed by atoms with van der Waals surface area (Å²) >= 11 is 2.27. The zero-order valence-corrected chi connectivity index (χ0v) is 18.1. The molecule has 2 aliphatic rings. The summed E-state index contributed by atoms with van der Waals surface area (Å²) in [5.74, 6) is 0.169. The molecule has 0 aliphatic carbocycles. The van der Waals surface area contributed by atoms with E-state index in [9.17, 15) is 9.90 Å². The number of nitrogens with zero attached hydrogens (tertiary/aromatic N) is 4. The predicted molar refractivity (Wildman–Crippen MR) is 114 cm³/mol. The first-order chi connectivity index (χ1) is 14.5. The van der Waals surface area contributed by atoms with Crippen LogP contribution < -0.4 is 10.6 Å². The number of likely N-dealkylation sites (N-methyl/N-ethyl adjacent to an activating group) is 1. The molecule has 2 saturated heterocycles. The Morgan fingerprint density at radius 3 is 3.07 bits per heavy atom. The molecule has 0 spiro atoms. The Hall–Kier alpha value is -2.35. The van der Waals surface area contributed by atoms with E-state index < -0.39 is 29.9 Å². The number of aliphatic hydroxyl groups is 1. The summed E-state index contributed by atoms with van der Waals surface area (Å²) in [6.45, 7) is 0.583. The van der Waals surface area contributed by atoms with Crippen LogP contribution >= 0.6 is 22.6 Å². The van der Waals surface area contributed by atoms with Crippen molar-refractivity contribution in [1.29, 1.82) is 0 Å². The molecule has 3 N–H and O–H groups in total. The molecule has 2 aliphatic heterocycles. The van der Waals surface area contributed by atoms with Gasteiger partial charge < -0.3 is 25.2 Å². The second-order valence-electron chi connectivity index (χ2n) is 7.23. The number of imidazole rings is 1. The first-order valence-corrected chi connectivity index (χ1v) is 10.5. The molecule has 2 unspecified atom stereocenters. The van der Waals surface area contributed by atoms with Crippen LogP contribution in [0.25, 0.3) is 11.2 Å². The molecule has 1 aromatic carbocycles. The Kier molecular flexibility index (Phi) is 4.84. The third-order valence-electron chi connectivity index (χ3n) is 5.48. The van der Waals surface area contributed by atoms with Crippen LogP contribution in [0.4, 0.5) is 5.82 Å². The zero-order chi connectivity index (χ0) is 20.9. The molecule has 2 bridgehead atoms. The van der Waals surface area contributed by atoms with Crippen molar-refractivity contribution in [1.82, 2.24) is 24.8 Å². The van der Waals surface area contributed by atoms with Gasteiger partial charge in [-0.2, -0.15) is 0 Å². The minimum atomic E-state index is -1.43. The Labute approximate surface area is 185 Å². The Balaban J connectivity index is 1.44. The first-order valence-electron chi connectivity index (χ1n) is 9.39. The molecule has 5 rings (SSSR count). The first kappa shape index (κ1) is 19.6. The molecule has 1 amide bonds. The van der Waals surface area contributed by atoms with Gasteiger partial charge in [-0.15, -0.1) is 0 Å². The number of amides is 1. The second-order valence-corrected chi connectivity index (χ2v) is 8.47. The third-order valence-corrected chi connectivity index (χ3v) is 6.16. The number of nitrogens with one attached hydrogen (secondary N) is 2. The fraction of sp³-hybridized carbons (Fsp3) is 0.368. The lowest BCUT2D eigenvalue weighted by Crippen LogP contribution is -2.53. The monoisotopic (exact) mass is 522 g/mol. The van der Waals surface area contributed by atoms with E-state index in [1.54, 1.807) is 10.9 Å². The average Bonchev–Trinajstić information content (AvgIpc) is 3.42. The molecule has 3 aromatic rings. The highest BCUT2D eigenvalue weighted by molar-refractivity contribution is 14.1. The van der Waals surface area contributed by atoms with E-state index in [0.717, 1.165) is 9.13 Å². The maximum Gasteiger partial charge on any atom is 0.257 e. The Morgan fingerprint density at radius 2 is 2.27 bits per heavy atom. The minimum absolute atomic E-state index is 0.000693. The van der Waals surface area contributed by atoms with Crippen LogP contribution in [0, 0.1) is 3.57 Å². The van der Waals surface area contributed by atoms with Crippen molar-refractivity contribution in [3.63, 3.8) is 0 Å². The fourth-order valence-electron chi connectivity index (χ4n) is 3.97. The van der Waals surface area contributed by atoms with E-state index in [0.29, 0.717) is 23.5 Å². The lowest BCUT2D eigenvalue weighted by atomic mass is 9.98. The van der Waals surface area contributed by atoms with Gasteiger partial charge in [-0.05, 0) is 40.3 Å². The highest BCUT2D eigenvalue weighted by atomic mass is 127. The van der Waals surface area contributed by atoms with Crippen LogP contribution in [-0.2, 0) is 20.8 Å². The lowest BCUT2D eigenvalue weighted by Gasteiger charge is -2.29. The molecule has 11 heteroatoms. The minimum Gasteiger partial charge on any atom is -0.387 e. The summed E-state index contributed by atoms with van der Waals surface area (Å²) in [6.07, 6.45) is 0.498. The number of rotatable bonds is 5. The quantitative estimate of drug-likeness (QED) is 0.421. The van der Waals surface area contributed by atoms with Gasteiger partial charge in [0.2, 0.25) is 5.60 Å². The highest BCUT2D eigenvalue weighted by Crippen LogP contribution is 2.45. The highest BCUT2D eigenvalue weighted by Gasteiger charge is 2.65. The zero-order valence-electron chi connectivity index (χ0n) is 15.9. The predicted octanol–water partition coefficient (Wildman–Crippen LogP) is 0.816. The molecule has 30 heavy (non-hydrogen) atoms. The maximum atomic E-state index is 12.3. The number of ether oxygens (including phenoxy) is 2. The van der Waals surface area contributed by atoms with Crippen LogP contribution in [0.1, 0.15) is 11.8 Å². The maximum absolute atomic E-state index is 12.3. The molecular weight excluding hydrogens is 503 g/mol. The number of carbonyl (C=O) groups is 1. The largest absolute Gasteiger partial charge is 0.387 e. The molecular formula is C19H19IN6O4. The summed E-state index contributed by atoms with van der Waals surface area (Å²) in [5.41, 5.74) is 0.779. The van der Waals surface area contributed by atoms with E-state index in [1.807, 2.05) is 18.2 Å². The van der Waals surface area contributed by atoms with Crippen LogP contribution in [0.5, 0.6) is 0 Å².